The van der Waals surface area contributed by atoms with Gasteiger partial charge in [0.15, 0.2) is 9.84 Å². The summed E-state index contributed by atoms with van der Waals surface area (Å²) in [7, 11) is -5.87. The predicted octanol–water partition coefficient (Wildman–Crippen LogP) is -0.774. The molecule has 0 amide bonds. The zero-order valence-electron chi connectivity index (χ0n) is 13.2. The van der Waals surface area contributed by atoms with Crippen LogP contribution in [0.5, 0.6) is 5.75 Å². The molecule has 136 valence electrons. The van der Waals surface area contributed by atoms with Crippen molar-refractivity contribution in [2.24, 2.45) is 0 Å². The molecular formula is C14H21NO7S2. The van der Waals surface area contributed by atoms with E-state index in [1.807, 2.05) is 0 Å². The van der Waals surface area contributed by atoms with Crippen molar-refractivity contribution >= 4 is 19.9 Å². The highest BCUT2D eigenvalue weighted by molar-refractivity contribution is 7.92. The van der Waals surface area contributed by atoms with Gasteiger partial charge in [-0.1, -0.05) is 0 Å². The van der Waals surface area contributed by atoms with Gasteiger partial charge >= 0.3 is 0 Å². The predicted molar refractivity (Wildman–Crippen MR) is 87.0 cm³/mol. The lowest BCUT2D eigenvalue weighted by molar-refractivity contribution is 0.0730. The van der Waals surface area contributed by atoms with Crippen molar-refractivity contribution in [3.8, 4) is 5.75 Å². The summed E-state index contributed by atoms with van der Waals surface area (Å²) >= 11 is 0. The van der Waals surface area contributed by atoms with Crippen molar-refractivity contribution in [3.63, 3.8) is 0 Å². The number of rotatable bonds is 7. The third-order valence-electron chi connectivity index (χ3n) is 3.88. The van der Waals surface area contributed by atoms with Crippen LogP contribution in [0.15, 0.2) is 29.2 Å². The second kappa shape index (κ2) is 7.36. The average Bonchev–Trinajstić information content (AvgIpc) is 2.91. The molecule has 1 heterocycles. The van der Waals surface area contributed by atoms with E-state index in [4.69, 9.17) is 9.84 Å². The number of aliphatic hydroxyl groups is 2. The average molecular weight is 379 g/mol. The normalized spacial score (nSPS) is 21.8. The Morgan fingerprint density at radius 1 is 1.33 bits per heavy atom. The number of nitrogens with zero attached hydrogens (tertiary/aromatic N) is 1. The van der Waals surface area contributed by atoms with Gasteiger partial charge in [-0.15, -0.1) is 0 Å². The summed E-state index contributed by atoms with van der Waals surface area (Å²) in [5, 5.41) is 18.7. The fraction of sp³-hybridized carbons (Fsp3) is 0.571. The van der Waals surface area contributed by atoms with Crippen LogP contribution in [0.1, 0.15) is 6.42 Å². The monoisotopic (exact) mass is 379 g/mol. The van der Waals surface area contributed by atoms with E-state index >= 15 is 0 Å². The summed E-state index contributed by atoms with van der Waals surface area (Å²) < 4.78 is 55.1. The Morgan fingerprint density at radius 2 is 1.96 bits per heavy atom. The van der Waals surface area contributed by atoms with E-state index in [1.54, 1.807) is 0 Å². The van der Waals surface area contributed by atoms with Crippen LogP contribution in [-0.2, 0) is 19.9 Å². The molecule has 8 nitrogen and oxygen atoms in total. The van der Waals surface area contributed by atoms with Gasteiger partial charge in [-0.2, -0.15) is 4.31 Å². The van der Waals surface area contributed by atoms with E-state index in [1.165, 1.54) is 31.4 Å². The van der Waals surface area contributed by atoms with Gasteiger partial charge < -0.3 is 14.9 Å². The van der Waals surface area contributed by atoms with Gasteiger partial charge in [-0.05, 0) is 30.7 Å². The first-order valence-electron chi connectivity index (χ1n) is 7.35. The van der Waals surface area contributed by atoms with Crippen molar-refractivity contribution in [1.29, 1.82) is 0 Å². The van der Waals surface area contributed by atoms with Crippen molar-refractivity contribution in [3.05, 3.63) is 24.3 Å². The smallest absolute Gasteiger partial charge is 0.243 e. The molecular weight excluding hydrogens is 358 g/mol. The molecule has 0 saturated carbocycles. The van der Waals surface area contributed by atoms with Crippen molar-refractivity contribution in [2.45, 2.75) is 23.5 Å². The SMILES string of the molecule is COc1ccc(S(=O)(=O)N(C[C@H](O)CO)[C@H]2CCS(=O)(=O)C2)cc1. The summed E-state index contributed by atoms with van der Waals surface area (Å²) in [5.74, 6) is 0.0986. The zero-order valence-corrected chi connectivity index (χ0v) is 14.8. The van der Waals surface area contributed by atoms with Crippen LogP contribution >= 0.6 is 0 Å². The Bertz CT molecular complexity index is 759. The molecule has 1 aromatic carbocycles. The number of hydrogen-bond acceptors (Lipinski definition) is 7. The van der Waals surface area contributed by atoms with Crippen LogP contribution in [0.2, 0.25) is 0 Å². The van der Waals surface area contributed by atoms with E-state index in [0.717, 1.165) is 4.31 Å². The molecule has 2 atom stereocenters. The van der Waals surface area contributed by atoms with E-state index in [0.29, 0.717) is 5.75 Å². The maximum atomic E-state index is 12.9. The number of hydrogen-bond donors (Lipinski definition) is 2. The van der Waals surface area contributed by atoms with Gasteiger partial charge in [0.25, 0.3) is 0 Å². The Kier molecular flexibility index (Phi) is 5.87. The fourth-order valence-electron chi connectivity index (χ4n) is 2.59. The highest BCUT2D eigenvalue weighted by Crippen LogP contribution is 2.26. The van der Waals surface area contributed by atoms with Gasteiger partial charge in [-0.25, -0.2) is 16.8 Å². The number of ether oxygens (including phenoxy) is 1. The molecule has 24 heavy (non-hydrogen) atoms. The lowest BCUT2D eigenvalue weighted by atomic mass is 10.2. The van der Waals surface area contributed by atoms with Crippen LogP contribution in [0.4, 0.5) is 0 Å². The first-order chi connectivity index (χ1) is 11.2. The van der Waals surface area contributed by atoms with Gasteiger partial charge in [0, 0.05) is 12.6 Å². The number of benzene rings is 1. The van der Waals surface area contributed by atoms with Crippen molar-refractivity contribution < 1.29 is 31.8 Å². The molecule has 1 aliphatic heterocycles. The lowest BCUT2D eigenvalue weighted by Gasteiger charge is -2.29. The molecule has 2 rings (SSSR count). The number of methoxy groups -OCH3 is 1. The number of aliphatic hydroxyl groups excluding tert-OH is 2. The third-order valence-corrected chi connectivity index (χ3v) is 7.57. The first-order valence-corrected chi connectivity index (χ1v) is 10.6. The highest BCUT2D eigenvalue weighted by atomic mass is 32.2. The maximum absolute atomic E-state index is 12.9. The molecule has 10 heteroatoms. The quantitative estimate of drug-likeness (QED) is 0.638. The largest absolute Gasteiger partial charge is 0.497 e. The van der Waals surface area contributed by atoms with Crippen LogP contribution in [0.3, 0.4) is 0 Å². The van der Waals surface area contributed by atoms with Crippen molar-refractivity contribution in [1.82, 2.24) is 4.31 Å². The molecule has 1 aliphatic rings. The summed E-state index contributed by atoms with van der Waals surface area (Å²) in [5.41, 5.74) is 0. The van der Waals surface area contributed by atoms with Crippen LogP contribution < -0.4 is 4.74 Å². The fourth-order valence-corrected chi connectivity index (χ4v) is 6.11. The minimum atomic E-state index is -4.02. The molecule has 1 aromatic rings. The molecule has 1 saturated heterocycles. The molecule has 0 spiro atoms. The molecule has 1 fully saturated rings. The summed E-state index contributed by atoms with van der Waals surface area (Å²) in [6, 6.07) is 4.92. The summed E-state index contributed by atoms with van der Waals surface area (Å²) in [6.07, 6.45) is -1.13. The first kappa shape index (κ1) is 19.1. The topological polar surface area (TPSA) is 121 Å². The second-order valence-corrected chi connectivity index (χ2v) is 9.76. The van der Waals surface area contributed by atoms with E-state index < -0.39 is 38.6 Å². The Labute approximate surface area is 141 Å². The van der Waals surface area contributed by atoms with E-state index in [-0.39, 0.29) is 29.4 Å². The maximum Gasteiger partial charge on any atom is 0.243 e. The molecule has 0 bridgehead atoms. The Hall–Kier alpha value is -1.20. The molecule has 0 aliphatic carbocycles. The Morgan fingerprint density at radius 3 is 2.42 bits per heavy atom. The van der Waals surface area contributed by atoms with E-state index in [9.17, 15) is 21.9 Å². The van der Waals surface area contributed by atoms with Gasteiger partial charge in [0.2, 0.25) is 10.0 Å². The Balaban J connectivity index is 2.36. The minimum absolute atomic E-state index is 0.0299. The highest BCUT2D eigenvalue weighted by Gasteiger charge is 2.39. The molecule has 0 unspecified atom stereocenters. The molecule has 0 aromatic heterocycles. The van der Waals surface area contributed by atoms with Crippen LogP contribution in [-0.4, -0.2) is 75.3 Å². The second-order valence-electron chi connectivity index (χ2n) is 5.64. The van der Waals surface area contributed by atoms with Crippen LogP contribution in [0.25, 0.3) is 0 Å². The van der Waals surface area contributed by atoms with E-state index in [2.05, 4.69) is 0 Å². The summed E-state index contributed by atoms with van der Waals surface area (Å²) in [6.45, 7) is -0.987. The van der Waals surface area contributed by atoms with Crippen LogP contribution in [0, 0.1) is 0 Å². The summed E-state index contributed by atoms with van der Waals surface area (Å²) in [4.78, 5) is -0.0299. The lowest BCUT2D eigenvalue weighted by Crippen LogP contribution is -2.46. The minimum Gasteiger partial charge on any atom is -0.497 e. The van der Waals surface area contributed by atoms with Gasteiger partial charge in [-0.3, -0.25) is 0 Å². The molecule has 0 radical (unpaired) electrons. The van der Waals surface area contributed by atoms with Crippen molar-refractivity contribution in [2.75, 3.05) is 31.8 Å². The third kappa shape index (κ3) is 4.25. The standard InChI is InChI=1S/C14H21NO7S2/c1-22-13-2-4-14(5-3-13)24(20,21)15(8-12(17)9-16)11-6-7-23(18,19)10-11/h2-5,11-12,16-17H,6-10H2,1H3/t11-,12-/m0/s1. The number of sulfonamides is 1. The molecule has 2 N–H and O–H groups in total. The zero-order chi connectivity index (χ0) is 18.0. The number of sulfone groups is 1. The van der Waals surface area contributed by atoms with Gasteiger partial charge in [0.1, 0.15) is 5.75 Å². The van der Waals surface area contributed by atoms with Gasteiger partial charge in [0.05, 0.1) is 36.2 Å².